The Morgan fingerprint density at radius 1 is 1.33 bits per heavy atom. The molecule has 0 aromatic heterocycles. The Hall–Kier alpha value is -0.860. The molecule has 0 heterocycles. The molecule has 3 nitrogen and oxygen atoms in total. The monoisotopic (exact) mass is 171 g/mol. The second kappa shape index (κ2) is 5.75. The smallest absolute Gasteiger partial charge is 0.216 e. The van der Waals surface area contributed by atoms with Crippen molar-refractivity contribution in [1.82, 2.24) is 5.32 Å². The van der Waals surface area contributed by atoms with Gasteiger partial charge >= 0.3 is 0 Å². The molecule has 0 saturated heterocycles. The van der Waals surface area contributed by atoms with E-state index in [1.165, 1.54) is 6.92 Å². The van der Waals surface area contributed by atoms with Gasteiger partial charge in [0.15, 0.2) is 0 Å². The molecule has 12 heavy (non-hydrogen) atoms. The Bertz CT molecular complexity index is 148. The fraction of sp³-hybridized carbons (Fsp3) is 0.778. The number of carbonyl (C=O) groups excluding carboxylic acids is 2. The Labute approximate surface area is 73.5 Å². The summed E-state index contributed by atoms with van der Waals surface area (Å²) in [5, 5.41) is 2.72. The minimum absolute atomic E-state index is 0.00956. The van der Waals surface area contributed by atoms with Crippen LogP contribution in [0.25, 0.3) is 0 Å². The second-order valence-corrected chi connectivity index (χ2v) is 3.28. The van der Waals surface area contributed by atoms with E-state index in [0.29, 0.717) is 18.9 Å². The third-order valence-corrected chi connectivity index (χ3v) is 1.69. The third kappa shape index (κ3) is 7.25. The first kappa shape index (κ1) is 11.1. The zero-order chi connectivity index (χ0) is 9.56. The number of hydrogen-bond donors (Lipinski definition) is 1. The van der Waals surface area contributed by atoms with E-state index < -0.39 is 0 Å². The minimum Gasteiger partial charge on any atom is -0.356 e. The highest BCUT2D eigenvalue weighted by Gasteiger charge is 2.03. The first-order valence-electron chi connectivity index (χ1n) is 4.26. The maximum absolute atomic E-state index is 10.6. The summed E-state index contributed by atoms with van der Waals surface area (Å²) in [5.74, 6) is 0.590. The maximum atomic E-state index is 10.6. The van der Waals surface area contributed by atoms with Gasteiger partial charge in [0.25, 0.3) is 0 Å². The molecule has 0 fully saturated rings. The summed E-state index contributed by atoms with van der Waals surface area (Å²) in [6.45, 7) is 5.78. The van der Waals surface area contributed by atoms with Crippen molar-refractivity contribution in [3.05, 3.63) is 0 Å². The zero-order valence-electron chi connectivity index (χ0n) is 8.02. The molecule has 0 rings (SSSR count). The Kier molecular flexibility index (Phi) is 5.34. The molecule has 0 aliphatic heterocycles. The molecule has 0 spiro atoms. The summed E-state index contributed by atoms with van der Waals surface area (Å²) in [4.78, 5) is 21.1. The lowest BCUT2D eigenvalue weighted by Crippen LogP contribution is -2.25. The fourth-order valence-electron chi connectivity index (χ4n) is 0.870. The fourth-order valence-corrected chi connectivity index (χ4v) is 0.870. The zero-order valence-corrected chi connectivity index (χ0v) is 8.02. The highest BCUT2D eigenvalue weighted by atomic mass is 16.1. The van der Waals surface area contributed by atoms with Gasteiger partial charge < -0.3 is 10.1 Å². The van der Waals surface area contributed by atoms with Crippen LogP contribution in [0.1, 0.15) is 33.6 Å². The molecule has 0 aliphatic carbocycles. The van der Waals surface area contributed by atoms with Crippen molar-refractivity contribution in [2.24, 2.45) is 5.92 Å². The summed E-state index contributed by atoms with van der Waals surface area (Å²) in [7, 11) is 0. The van der Waals surface area contributed by atoms with Gasteiger partial charge in [0, 0.05) is 19.9 Å². The van der Waals surface area contributed by atoms with E-state index in [0.717, 1.165) is 6.42 Å². The van der Waals surface area contributed by atoms with Gasteiger partial charge in [0.1, 0.15) is 5.78 Å². The lowest BCUT2D eigenvalue weighted by atomic mass is 10.0. The highest BCUT2D eigenvalue weighted by molar-refractivity contribution is 5.75. The van der Waals surface area contributed by atoms with E-state index in [9.17, 15) is 9.59 Å². The number of hydrogen-bond acceptors (Lipinski definition) is 2. The average molecular weight is 171 g/mol. The van der Waals surface area contributed by atoms with Gasteiger partial charge in [-0.2, -0.15) is 0 Å². The van der Waals surface area contributed by atoms with Gasteiger partial charge in [0.05, 0.1) is 0 Å². The number of Topliss-reactive ketones (excluding diaryl/α,β-unsaturated/α-hetero) is 1. The first-order valence-corrected chi connectivity index (χ1v) is 4.26. The third-order valence-electron chi connectivity index (χ3n) is 1.69. The van der Waals surface area contributed by atoms with E-state index in [2.05, 4.69) is 5.32 Å². The molecule has 0 radical (unpaired) electrons. The van der Waals surface area contributed by atoms with E-state index in [4.69, 9.17) is 0 Å². The maximum Gasteiger partial charge on any atom is 0.216 e. The summed E-state index contributed by atoms with van der Waals surface area (Å²) in [6.07, 6.45) is 1.47. The van der Waals surface area contributed by atoms with Crippen LogP contribution in [-0.2, 0) is 9.59 Å². The molecule has 0 bridgehead atoms. The summed E-state index contributed by atoms with van der Waals surface area (Å²) in [6, 6.07) is 0. The quantitative estimate of drug-likeness (QED) is 0.674. The molecule has 0 aliphatic rings. The van der Waals surface area contributed by atoms with Crippen LogP contribution in [0.5, 0.6) is 0 Å². The predicted molar refractivity (Wildman–Crippen MR) is 47.8 cm³/mol. The molecular formula is C9H17NO2. The molecule has 70 valence electrons. The molecular weight excluding hydrogens is 154 g/mol. The van der Waals surface area contributed by atoms with E-state index in [-0.39, 0.29) is 11.7 Å². The van der Waals surface area contributed by atoms with Crippen LogP contribution < -0.4 is 5.32 Å². The van der Waals surface area contributed by atoms with Gasteiger partial charge in [-0.3, -0.25) is 4.79 Å². The van der Waals surface area contributed by atoms with Crippen LogP contribution in [0.4, 0.5) is 0 Å². The molecule has 1 unspecified atom stereocenters. The number of amides is 1. The highest BCUT2D eigenvalue weighted by Crippen LogP contribution is 2.03. The van der Waals surface area contributed by atoms with Gasteiger partial charge in [-0.1, -0.05) is 6.92 Å². The number of ketones is 1. The lowest BCUT2D eigenvalue weighted by Gasteiger charge is -2.09. The number of carbonyl (C=O) groups is 2. The van der Waals surface area contributed by atoms with E-state index in [1.54, 1.807) is 6.92 Å². The Balaban J connectivity index is 3.39. The van der Waals surface area contributed by atoms with Crippen LogP contribution in [0, 0.1) is 5.92 Å². The van der Waals surface area contributed by atoms with Crippen LogP contribution >= 0.6 is 0 Å². The van der Waals surface area contributed by atoms with Gasteiger partial charge in [-0.05, 0) is 19.3 Å². The van der Waals surface area contributed by atoms with Crippen molar-refractivity contribution >= 4 is 11.7 Å². The largest absolute Gasteiger partial charge is 0.356 e. The normalized spacial score (nSPS) is 12.2. The average Bonchev–Trinajstić information content (AvgIpc) is 1.96. The Morgan fingerprint density at radius 3 is 2.33 bits per heavy atom. The van der Waals surface area contributed by atoms with Crippen LogP contribution in [0.2, 0.25) is 0 Å². The van der Waals surface area contributed by atoms with Gasteiger partial charge in [0.2, 0.25) is 5.91 Å². The topological polar surface area (TPSA) is 46.2 Å². The molecule has 3 heteroatoms. The van der Waals surface area contributed by atoms with Crippen molar-refractivity contribution in [2.45, 2.75) is 33.6 Å². The molecule has 0 saturated carbocycles. The summed E-state index contributed by atoms with van der Waals surface area (Å²) >= 11 is 0. The minimum atomic E-state index is -0.00956. The molecule has 1 atom stereocenters. The van der Waals surface area contributed by atoms with E-state index >= 15 is 0 Å². The summed E-state index contributed by atoms with van der Waals surface area (Å²) in [5.41, 5.74) is 0. The molecule has 0 aromatic rings. The van der Waals surface area contributed by atoms with Crippen molar-refractivity contribution in [1.29, 1.82) is 0 Å². The van der Waals surface area contributed by atoms with Crippen molar-refractivity contribution in [2.75, 3.05) is 6.54 Å². The molecule has 1 N–H and O–H groups in total. The summed E-state index contributed by atoms with van der Waals surface area (Å²) < 4.78 is 0. The number of rotatable bonds is 5. The number of nitrogens with one attached hydrogen (secondary N) is 1. The van der Waals surface area contributed by atoms with Crippen LogP contribution in [0.3, 0.4) is 0 Å². The molecule has 0 aromatic carbocycles. The van der Waals surface area contributed by atoms with Crippen molar-refractivity contribution < 1.29 is 9.59 Å². The first-order chi connectivity index (χ1) is 5.52. The second-order valence-electron chi connectivity index (χ2n) is 3.28. The lowest BCUT2D eigenvalue weighted by molar-refractivity contribution is -0.119. The SMILES string of the molecule is CC(=O)CCC(C)CNC(C)=O. The van der Waals surface area contributed by atoms with Crippen LogP contribution in [0.15, 0.2) is 0 Å². The van der Waals surface area contributed by atoms with Crippen molar-refractivity contribution in [3.8, 4) is 0 Å². The standard InChI is InChI=1S/C9H17NO2/c1-7(4-5-8(2)11)6-10-9(3)12/h7H,4-6H2,1-3H3,(H,10,12). The van der Waals surface area contributed by atoms with Crippen molar-refractivity contribution in [3.63, 3.8) is 0 Å². The molecule has 1 amide bonds. The Morgan fingerprint density at radius 2 is 1.92 bits per heavy atom. The van der Waals surface area contributed by atoms with E-state index in [1.807, 2.05) is 6.92 Å². The van der Waals surface area contributed by atoms with Crippen LogP contribution in [-0.4, -0.2) is 18.2 Å². The van der Waals surface area contributed by atoms with Gasteiger partial charge in [-0.25, -0.2) is 0 Å². The van der Waals surface area contributed by atoms with Gasteiger partial charge in [-0.15, -0.1) is 0 Å². The predicted octanol–water partition coefficient (Wildman–Crippen LogP) is 1.13.